The normalized spacial score (nSPS) is 12.2. The minimum absolute atomic E-state index is 0.122. The van der Waals surface area contributed by atoms with Gasteiger partial charge in [-0.2, -0.15) is 0 Å². The largest absolute Gasteiger partial charge is 0.278 e. The summed E-state index contributed by atoms with van der Waals surface area (Å²) in [6.07, 6.45) is 0.350. The molecule has 0 saturated heterocycles. The first-order valence-corrected chi connectivity index (χ1v) is 6.29. The highest BCUT2D eigenvalue weighted by Gasteiger charge is 2.32. The summed E-state index contributed by atoms with van der Waals surface area (Å²) < 4.78 is 25.0. The Labute approximate surface area is 95.9 Å². The van der Waals surface area contributed by atoms with Gasteiger partial charge in [0.05, 0.1) is 10.4 Å². The Balaban J connectivity index is 3.26. The van der Waals surface area contributed by atoms with Crippen molar-refractivity contribution < 1.29 is 13.2 Å². The van der Waals surface area contributed by atoms with E-state index in [9.17, 15) is 13.2 Å². The van der Waals surface area contributed by atoms with Crippen LogP contribution in [-0.4, -0.2) is 24.7 Å². The first-order valence-electron chi connectivity index (χ1n) is 4.85. The highest BCUT2D eigenvalue weighted by molar-refractivity contribution is 7.89. The van der Waals surface area contributed by atoms with E-state index in [2.05, 4.69) is 0 Å². The Morgan fingerprint density at radius 3 is 2.00 bits per heavy atom. The smallest absolute Gasteiger partial charge is 0.266 e. The molecule has 0 spiro atoms. The topological polar surface area (TPSA) is 54.5 Å². The number of carbonyl (C=O) groups excluding carboxylic acids is 1. The summed E-state index contributed by atoms with van der Waals surface area (Å²) in [4.78, 5) is 11.0. The second-order valence-corrected chi connectivity index (χ2v) is 6.21. The van der Waals surface area contributed by atoms with Crippen molar-refractivity contribution in [3.8, 4) is 0 Å². The van der Waals surface area contributed by atoms with Crippen molar-refractivity contribution in [1.29, 1.82) is 0 Å². The van der Waals surface area contributed by atoms with E-state index in [0.717, 1.165) is 4.31 Å². The maximum atomic E-state index is 12.1. The van der Waals surface area contributed by atoms with Crippen LogP contribution in [0.4, 0.5) is 0 Å². The minimum atomic E-state index is -3.74. The standard InChI is InChI=1S/C11H15NO3S/c1-11(2,3)12(9-13)16(14,15)10-7-5-4-6-8-10/h4-9H,1-3H3. The van der Waals surface area contributed by atoms with Crippen molar-refractivity contribution in [2.45, 2.75) is 31.2 Å². The van der Waals surface area contributed by atoms with Gasteiger partial charge < -0.3 is 0 Å². The van der Waals surface area contributed by atoms with Crippen molar-refractivity contribution in [1.82, 2.24) is 4.31 Å². The van der Waals surface area contributed by atoms with E-state index in [1.165, 1.54) is 12.1 Å². The van der Waals surface area contributed by atoms with Crippen LogP contribution in [0.2, 0.25) is 0 Å². The van der Waals surface area contributed by atoms with Crippen LogP contribution in [0.3, 0.4) is 0 Å². The molecule has 0 N–H and O–H groups in total. The minimum Gasteiger partial charge on any atom is -0.278 e. The summed E-state index contributed by atoms with van der Waals surface area (Å²) in [6.45, 7) is 5.01. The summed E-state index contributed by atoms with van der Waals surface area (Å²) in [6, 6.07) is 7.91. The molecule has 0 aromatic heterocycles. The van der Waals surface area contributed by atoms with Gasteiger partial charge in [-0.25, -0.2) is 12.7 Å². The zero-order valence-corrected chi connectivity index (χ0v) is 10.4. The number of nitrogens with zero attached hydrogens (tertiary/aromatic N) is 1. The number of rotatable bonds is 3. The molecule has 88 valence electrons. The molecule has 1 aromatic carbocycles. The lowest BCUT2D eigenvalue weighted by molar-refractivity contribution is -0.116. The van der Waals surface area contributed by atoms with E-state index in [1.54, 1.807) is 39.0 Å². The summed E-state index contributed by atoms with van der Waals surface area (Å²) in [5.41, 5.74) is -0.767. The van der Waals surface area contributed by atoms with Crippen molar-refractivity contribution in [2.24, 2.45) is 0 Å². The van der Waals surface area contributed by atoms with Crippen LogP contribution < -0.4 is 0 Å². The van der Waals surface area contributed by atoms with Gasteiger partial charge in [0, 0.05) is 0 Å². The van der Waals surface area contributed by atoms with Crippen LogP contribution in [0.1, 0.15) is 20.8 Å². The van der Waals surface area contributed by atoms with Crippen LogP contribution in [0, 0.1) is 0 Å². The van der Waals surface area contributed by atoms with Gasteiger partial charge >= 0.3 is 0 Å². The fourth-order valence-corrected chi connectivity index (χ4v) is 2.84. The van der Waals surface area contributed by atoms with Crippen molar-refractivity contribution in [2.75, 3.05) is 0 Å². The number of hydrogen-bond acceptors (Lipinski definition) is 3. The molecule has 1 amide bonds. The summed E-state index contributed by atoms with van der Waals surface area (Å²) in [5, 5.41) is 0. The van der Waals surface area contributed by atoms with Crippen LogP contribution in [0.15, 0.2) is 35.2 Å². The van der Waals surface area contributed by atoms with E-state index >= 15 is 0 Å². The predicted octanol–water partition coefficient (Wildman–Crippen LogP) is 1.63. The average molecular weight is 241 g/mol. The first kappa shape index (κ1) is 12.7. The van der Waals surface area contributed by atoms with Gasteiger partial charge in [0.25, 0.3) is 10.0 Å². The van der Waals surface area contributed by atoms with Gasteiger partial charge in [-0.1, -0.05) is 18.2 Å². The van der Waals surface area contributed by atoms with Gasteiger partial charge in [-0.05, 0) is 32.9 Å². The average Bonchev–Trinajstić information content (AvgIpc) is 2.17. The summed E-state index contributed by atoms with van der Waals surface area (Å²) in [7, 11) is -3.74. The number of hydrogen-bond donors (Lipinski definition) is 0. The molecule has 0 aliphatic carbocycles. The van der Waals surface area contributed by atoms with Crippen molar-refractivity contribution >= 4 is 16.4 Å². The molecule has 0 radical (unpaired) electrons. The zero-order chi connectivity index (χ0) is 12.4. The lowest BCUT2D eigenvalue weighted by atomic mass is 10.1. The number of sulfonamides is 1. The monoisotopic (exact) mass is 241 g/mol. The van der Waals surface area contributed by atoms with Crippen LogP contribution in [-0.2, 0) is 14.8 Å². The van der Waals surface area contributed by atoms with E-state index in [0.29, 0.717) is 6.41 Å². The summed E-state index contributed by atoms with van der Waals surface area (Å²) in [5.74, 6) is 0. The molecule has 0 heterocycles. The third kappa shape index (κ3) is 2.41. The van der Waals surface area contributed by atoms with Crippen molar-refractivity contribution in [3.63, 3.8) is 0 Å². The highest BCUT2D eigenvalue weighted by atomic mass is 32.2. The molecular weight excluding hydrogens is 226 g/mol. The number of benzene rings is 1. The van der Waals surface area contributed by atoms with E-state index in [-0.39, 0.29) is 4.90 Å². The predicted molar refractivity (Wildman–Crippen MR) is 61.3 cm³/mol. The molecule has 4 nitrogen and oxygen atoms in total. The molecule has 1 rings (SSSR count). The fourth-order valence-electron chi connectivity index (χ4n) is 1.28. The first-order chi connectivity index (χ1) is 7.30. The Morgan fingerprint density at radius 2 is 1.62 bits per heavy atom. The Kier molecular flexibility index (Phi) is 3.38. The second kappa shape index (κ2) is 4.25. The van der Waals surface area contributed by atoms with Gasteiger partial charge in [0.1, 0.15) is 0 Å². The van der Waals surface area contributed by atoms with Crippen LogP contribution in [0.5, 0.6) is 0 Å². The quantitative estimate of drug-likeness (QED) is 0.756. The lowest BCUT2D eigenvalue weighted by Gasteiger charge is -2.30. The molecule has 0 atom stereocenters. The Bertz CT molecular complexity index is 460. The van der Waals surface area contributed by atoms with Crippen molar-refractivity contribution in [3.05, 3.63) is 30.3 Å². The zero-order valence-electron chi connectivity index (χ0n) is 9.54. The molecule has 0 bridgehead atoms. The third-order valence-corrected chi connectivity index (χ3v) is 4.08. The van der Waals surface area contributed by atoms with E-state index < -0.39 is 15.6 Å². The Hall–Kier alpha value is -1.36. The molecule has 0 saturated carbocycles. The van der Waals surface area contributed by atoms with E-state index in [1.807, 2.05) is 0 Å². The lowest BCUT2D eigenvalue weighted by Crippen LogP contribution is -2.44. The molecule has 16 heavy (non-hydrogen) atoms. The number of amides is 1. The third-order valence-electron chi connectivity index (χ3n) is 2.06. The van der Waals surface area contributed by atoms with Gasteiger partial charge in [-0.15, -0.1) is 0 Å². The SMILES string of the molecule is CC(C)(C)N(C=O)S(=O)(=O)c1ccccc1. The molecule has 0 unspecified atom stereocenters. The maximum absolute atomic E-state index is 12.1. The highest BCUT2D eigenvalue weighted by Crippen LogP contribution is 2.22. The van der Waals surface area contributed by atoms with E-state index in [4.69, 9.17) is 0 Å². The molecule has 1 aromatic rings. The van der Waals surface area contributed by atoms with Crippen LogP contribution >= 0.6 is 0 Å². The number of carbonyl (C=O) groups is 1. The second-order valence-electron chi connectivity index (χ2n) is 4.39. The molecule has 0 aliphatic heterocycles. The Morgan fingerprint density at radius 1 is 1.12 bits per heavy atom. The molecule has 0 fully saturated rings. The summed E-state index contributed by atoms with van der Waals surface area (Å²) >= 11 is 0. The van der Waals surface area contributed by atoms with Gasteiger partial charge in [-0.3, -0.25) is 4.79 Å². The molecule has 0 aliphatic rings. The molecule has 5 heteroatoms. The maximum Gasteiger partial charge on any atom is 0.266 e. The van der Waals surface area contributed by atoms with Crippen LogP contribution in [0.25, 0.3) is 0 Å². The molecular formula is C11H15NO3S. The fraction of sp³-hybridized carbons (Fsp3) is 0.364. The van der Waals surface area contributed by atoms with Gasteiger partial charge in [0.2, 0.25) is 6.41 Å². The van der Waals surface area contributed by atoms with Gasteiger partial charge in [0.15, 0.2) is 0 Å².